The van der Waals surface area contributed by atoms with Gasteiger partial charge in [-0.05, 0) is 19.8 Å². The number of aryl methyl sites for hydroxylation is 1. The Bertz CT molecular complexity index is 408. The Morgan fingerprint density at radius 1 is 1.61 bits per heavy atom. The van der Waals surface area contributed by atoms with Crippen LogP contribution in [0.25, 0.3) is 0 Å². The van der Waals surface area contributed by atoms with Gasteiger partial charge in [-0.1, -0.05) is 12.8 Å². The molecule has 6 heteroatoms. The molecule has 0 bridgehead atoms. The van der Waals surface area contributed by atoms with Crippen LogP contribution in [0, 0.1) is 6.92 Å². The van der Waals surface area contributed by atoms with Gasteiger partial charge < -0.3 is 4.90 Å². The fraction of sp³-hybridized carbons (Fsp3) is 0.667. The number of guanidine groups is 1. The minimum atomic E-state index is 0.427. The van der Waals surface area contributed by atoms with E-state index in [0.717, 1.165) is 23.2 Å². The molecule has 0 spiro atoms. The first kappa shape index (κ1) is 13.3. The highest BCUT2D eigenvalue weighted by atomic mass is 32.1. The summed E-state index contributed by atoms with van der Waals surface area (Å²) in [4.78, 5) is 11.2. The van der Waals surface area contributed by atoms with E-state index in [0.29, 0.717) is 6.04 Å². The van der Waals surface area contributed by atoms with Crippen molar-refractivity contribution >= 4 is 17.3 Å². The lowest BCUT2D eigenvalue weighted by molar-refractivity contribution is 0.465. The molecular weight excluding hydrogens is 246 g/mol. The van der Waals surface area contributed by atoms with Crippen LogP contribution in [0.5, 0.6) is 0 Å². The normalized spacial score (nSPS) is 17.2. The number of nitrogens with zero attached hydrogens (tertiary/aromatic N) is 3. The molecule has 3 N–H and O–H groups in total. The molecule has 0 atom stereocenters. The zero-order valence-electron chi connectivity index (χ0n) is 11.0. The van der Waals surface area contributed by atoms with Crippen molar-refractivity contribution in [2.24, 2.45) is 10.8 Å². The molecule has 0 aromatic carbocycles. The maximum atomic E-state index is 5.57. The van der Waals surface area contributed by atoms with Crippen molar-refractivity contribution in [2.75, 3.05) is 7.05 Å². The Labute approximate surface area is 112 Å². The van der Waals surface area contributed by atoms with Gasteiger partial charge in [-0.25, -0.2) is 15.8 Å². The molecule has 0 amide bonds. The number of hydrogen-bond acceptors (Lipinski definition) is 4. The number of nitrogens with one attached hydrogen (secondary N) is 1. The summed E-state index contributed by atoms with van der Waals surface area (Å²) in [7, 11) is 1.99. The summed E-state index contributed by atoms with van der Waals surface area (Å²) in [5.74, 6) is 6.33. The zero-order valence-corrected chi connectivity index (χ0v) is 11.8. The zero-order chi connectivity index (χ0) is 13.0. The van der Waals surface area contributed by atoms with Crippen LogP contribution >= 0.6 is 11.3 Å². The monoisotopic (exact) mass is 267 g/mol. The van der Waals surface area contributed by atoms with Crippen LogP contribution in [-0.2, 0) is 6.54 Å². The molecular formula is C12H21N5S. The quantitative estimate of drug-likeness (QED) is 0.378. The van der Waals surface area contributed by atoms with E-state index >= 15 is 0 Å². The number of thiazole rings is 1. The predicted octanol–water partition coefficient (Wildman–Crippen LogP) is 1.65. The minimum Gasteiger partial charge on any atom is -0.339 e. The first-order valence-corrected chi connectivity index (χ1v) is 7.23. The van der Waals surface area contributed by atoms with Gasteiger partial charge in [-0.15, -0.1) is 11.3 Å². The highest BCUT2D eigenvalue weighted by Gasteiger charge is 2.16. The van der Waals surface area contributed by atoms with Crippen LogP contribution in [0.15, 0.2) is 10.4 Å². The first-order valence-electron chi connectivity index (χ1n) is 6.35. The number of nitrogens with two attached hydrogens (primary N) is 1. The molecule has 2 rings (SSSR count). The van der Waals surface area contributed by atoms with Crippen molar-refractivity contribution < 1.29 is 0 Å². The van der Waals surface area contributed by atoms with Crippen LogP contribution in [-0.4, -0.2) is 28.9 Å². The summed E-state index contributed by atoms with van der Waals surface area (Å²) in [5.41, 5.74) is 3.77. The van der Waals surface area contributed by atoms with E-state index in [1.165, 1.54) is 25.7 Å². The summed E-state index contributed by atoms with van der Waals surface area (Å²) in [6.45, 7) is 2.75. The molecule has 18 heavy (non-hydrogen) atoms. The molecule has 1 saturated carbocycles. The van der Waals surface area contributed by atoms with Crippen molar-refractivity contribution in [1.82, 2.24) is 15.3 Å². The molecule has 0 radical (unpaired) electrons. The van der Waals surface area contributed by atoms with Gasteiger partial charge in [0.2, 0.25) is 5.96 Å². The highest BCUT2D eigenvalue weighted by Crippen LogP contribution is 2.21. The number of aromatic nitrogens is 1. The number of rotatable bonds is 3. The Hall–Kier alpha value is -1.14. The van der Waals surface area contributed by atoms with Gasteiger partial charge in [0.15, 0.2) is 0 Å². The smallest absolute Gasteiger partial charge is 0.208 e. The van der Waals surface area contributed by atoms with Crippen LogP contribution in [0.3, 0.4) is 0 Å². The van der Waals surface area contributed by atoms with E-state index in [1.807, 2.05) is 18.9 Å². The molecule has 5 nitrogen and oxygen atoms in total. The van der Waals surface area contributed by atoms with Gasteiger partial charge in [0.1, 0.15) is 0 Å². The molecule has 1 aliphatic carbocycles. The highest BCUT2D eigenvalue weighted by molar-refractivity contribution is 7.09. The Morgan fingerprint density at radius 3 is 2.89 bits per heavy atom. The van der Waals surface area contributed by atoms with Crippen molar-refractivity contribution in [3.05, 3.63) is 16.1 Å². The molecule has 1 heterocycles. The van der Waals surface area contributed by atoms with Crippen LogP contribution < -0.4 is 11.3 Å². The maximum absolute atomic E-state index is 5.57. The topological polar surface area (TPSA) is 66.5 Å². The SMILES string of the molecule is Cc1nc(CN(C)C(=NC2CCCC2)NN)cs1. The second-order valence-corrected chi connectivity index (χ2v) is 5.81. The number of aliphatic imine (C=N–C) groups is 1. The molecule has 1 aliphatic rings. The third-order valence-corrected chi connectivity index (χ3v) is 4.01. The van der Waals surface area contributed by atoms with Gasteiger partial charge in [0.05, 0.1) is 23.3 Å². The number of hydrazine groups is 1. The fourth-order valence-electron chi connectivity index (χ4n) is 2.25. The van der Waals surface area contributed by atoms with Crippen molar-refractivity contribution in [3.63, 3.8) is 0 Å². The molecule has 0 aliphatic heterocycles. The number of hydrogen-bond donors (Lipinski definition) is 2. The second kappa shape index (κ2) is 6.15. The average molecular weight is 267 g/mol. The Kier molecular flexibility index (Phi) is 4.54. The summed E-state index contributed by atoms with van der Waals surface area (Å²) >= 11 is 1.67. The van der Waals surface area contributed by atoms with E-state index in [9.17, 15) is 0 Å². The van der Waals surface area contributed by atoms with Gasteiger partial charge in [-0.2, -0.15) is 0 Å². The predicted molar refractivity (Wildman–Crippen MR) is 75.3 cm³/mol. The fourth-order valence-corrected chi connectivity index (χ4v) is 2.85. The van der Waals surface area contributed by atoms with Crippen molar-refractivity contribution in [1.29, 1.82) is 0 Å². The van der Waals surface area contributed by atoms with E-state index < -0.39 is 0 Å². The van der Waals surface area contributed by atoms with Gasteiger partial charge in [0.25, 0.3) is 0 Å². The lowest BCUT2D eigenvalue weighted by Crippen LogP contribution is -2.43. The van der Waals surface area contributed by atoms with Gasteiger partial charge in [0, 0.05) is 12.4 Å². The summed E-state index contributed by atoms with van der Waals surface area (Å²) in [6.07, 6.45) is 4.91. The minimum absolute atomic E-state index is 0.427. The molecule has 1 aromatic rings. The third kappa shape index (κ3) is 3.43. The van der Waals surface area contributed by atoms with Crippen LogP contribution in [0.1, 0.15) is 36.4 Å². The van der Waals surface area contributed by atoms with E-state index in [-0.39, 0.29) is 0 Å². The van der Waals surface area contributed by atoms with Gasteiger partial charge >= 0.3 is 0 Å². The lowest BCUT2D eigenvalue weighted by Gasteiger charge is -2.20. The van der Waals surface area contributed by atoms with Crippen molar-refractivity contribution in [3.8, 4) is 0 Å². The standard InChI is InChI=1S/C12H21N5S/c1-9-14-11(8-18-9)7-17(2)12(16-13)15-10-5-3-4-6-10/h8,10H,3-7,13H2,1-2H3,(H,15,16). The lowest BCUT2D eigenvalue weighted by atomic mass is 10.3. The average Bonchev–Trinajstić information content (AvgIpc) is 2.97. The van der Waals surface area contributed by atoms with E-state index in [1.54, 1.807) is 11.3 Å². The molecule has 1 aromatic heterocycles. The van der Waals surface area contributed by atoms with Crippen LogP contribution in [0.4, 0.5) is 0 Å². The second-order valence-electron chi connectivity index (χ2n) is 4.75. The molecule has 0 unspecified atom stereocenters. The van der Waals surface area contributed by atoms with E-state index in [4.69, 9.17) is 5.84 Å². The first-order chi connectivity index (χ1) is 8.69. The molecule has 1 fully saturated rings. The Balaban J connectivity index is 1.98. The van der Waals surface area contributed by atoms with Crippen LogP contribution in [0.2, 0.25) is 0 Å². The van der Waals surface area contributed by atoms with Gasteiger partial charge in [-0.3, -0.25) is 5.43 Å². The van der Waals surface area contributed by atoms with Crippen molar-refractivity contribution in [2.45, 2.75) is 45.2 Å². The largest absolute Gasteiger partial charge is 0.339 e. The molecule has 100 valence electrons. The summed E-state index contributed by atoms with van der Waals surface area (Å²) < 4.78 is 0. The summed E-state index contributed by atoms with van der Waals surface area (Å²) in [5, 5.41) is 3.17. The molecule has 0 saturated heterocycles. The van der Waals surface area contributed by atoms with E-state index in [2.05, 4.69) is 20.8 Å². The summed E-state index contributed by atoms with van der Waals surface area (Å²) in [6, 6.07) is 0.427. The Morgan fingerprint density at radius 2 is 2.33 bits per heavy atom. The maximum Gasteiger partial charge on any atom is 0.208 e. The third-order valence-electron chi connectivity index (χ3n) is 3.19.